The van der Waals surface area contributed by atoms with E-state index in [-0.39, 0.29) is 32.1 Å². The molecular weight excluding hydrogens is 593 g/mol. The summed E-state index contributed by atoms with van der Waals surface area (Å²) < 4.78 is 26.3. The largest absolute Gasteiger partial charge is 0.472 e. The van der Waals surface area contributed by atoms with Gasteiger partial charge in [0.15, 0.2) is 0 Å². The summed E-state index contributed by atoms with van der Waals surface area (Å²) in [4.78, 5) is 32.8. The molecule has 45 heavy (non-hydrogen) atoms. The number of allylic oxidation sites excluding steroid dienone is 12. The molecule has 0 aliphatic carbocycles. The summed E-state index contributed by atoms with van der Waals surface area (Å²) in [6, 6.07) is 0. The van der Waals surface area contributed by atoms with Gasteiger partial charge in [-0.1, -0.05) is 99.6 Å². The molecule has 0 bridgehead atoms. The number of ether oxygens (including phenoxy) is 1. The highest BCUT2D eigenvalue weighted by molar-refractivity contribution is 7.47. The fraction of sp³-hybridized carbons (Fsp3) is 0.600. The second kappa shape index (κ2) is 31.4. The van der Waals surface area contributed by atoms with Crippen molar-refractivity contribution in [1.82, 2.24) is 5.32 Å². The summed E-state index contributed by atoms with van der Waals surface area (Å²) in [7, 11) is -4.39. The van der Waals surface area contributed by atoms with Gasteiger partial charge in [0.05, 0.1) is 13.2 Å². The zero-order chi connectivity index (χ0) is 33.3. The van der Waals surface area contributed by atoms with Crippen LogP contribution in [0.25, 0.3) is 0 Å². The summed E-state index contributed by atoms with van der Waals surface area (Å²) in [5.41, 5.74) is 0. The van der Waals surface area contributed by atoms with Crippen molar-refractivity contribution >= 4 is 19.7 Å². The normalized spacial score (nSPS) is 14.5. The van der Waals surface area contributed by atoms with E-state index < -0.39 is 26.5 Å². The van der Waals surface area contributed by atoms with Crippen molar-refractivity contribution in [3.05, 3.63) is 72.9 Å². The van der Waals surface area contributed by atoms with Crippen molar-refractivity contribution < 1.29 is 37.9 Å². The fourth-order valence-electron chi connectivity index (χ4n) is 3.72. The first kappa shape index (κ1) is 42.5. The van der Waals surface area contributed by atoms with Gasteiger partial charge in [-0.25, -0.2) is 4.57 Å². The van der Waals surface area contributed by atoms with E-state index in [2.05, 4.69) is 85.2 Å². The molecule has 256 valence electrons. The van der Waals surface area contributed by atoms with Gasteiger partial charge in [0.1, 0.15) is 12.7 Å². The monoisotopic (exact) mass is 651 g/mol. The quantitative estimate of drug-likeness (QED) is 0.0321. The number of aliphatic hydroxyl groups is 1. The van der Waals surface area contributed by atoms with Gasteiger partial charge in [-0.3, -0.25) is 18.6 Å². The van der Waals surface area contributed by atoms with Crippen LogP contribution in [0.4, 0.5) is 0 Å². The Hall–Kier alpha value is -2.55. The molecule has 3 N–H and O–H groups in total. The lowest BCUT2D eigenvalue weighted by Gasteiger charge is -2.15. The number of hydrogen-bond donors (Lipinski definition) is 3. The van der Waals surface area contributed by atoms with E-state index in [1.54, 1.807) is 0 Å². The van der Waals surface area contributed by atoms with Gasteiger partial charge in [-0.2, -0.15) is 0 Å². The van der Waals surface area contributed by atoms with Crippen LogP contribution in [0.15, 0.2) is 72.9 Å². The van der Waals surface area contributed by atoms with Crippen LogP contribution >= 0.6 is 7.82 Å². The topological polar surface area (TPSA) is 131 Å². The van der Waals surface area contributed by atoms with Gasteiger partial charge in [-0.05, 0) is 64.2 Å². The number of phosphoric acid groups is 1. The zero-order valence-corrected chi connectivity index (χ0v) is 28.4. The first-order chi connectivity index (χ1) is 21.8. The van der Waals surface area contributed by atoms with Crippen molar-refractivity contribution in [3.8, 4) is 0 Å². The van der Waals surface area contributed by atoms with Crippen LogP contribution in [0.3, 0.4) is 0 Å². The van der Waals surface area contributed by atoms with E-state index in [0.717, 1.165) is 64.2 Å². The molecular formula is C35H58NO8P. The van der Waals surface area contributed by atoms with Gasteiger partial charge in [-0.15, -0.1) is 0 Å². The molecule has 0 aromatic carbocycles. The van der Waals surface area contributed by atoms with Crippen LogP contribution in [0.2, 0.25) is 0 Å². The van der Waals surface area contributed by atoms with E-state index in [0.29, 0.717) is 19.3 Å². The SMILES string of the molecule is CC/C=C\C/C=C\C/C=C\C/C=C\C/C=C\C/C=C\CCCCCCC(=O)OCC(O)COP(=O)(O)OCCNC(=O)CCC. The van der Waals surface area contributed by atoms with Crippen LogP contribution in [0.1, 0.15) is 104 Å². The zero-order valence-electron chi connectivity index (χ0n) is 27.5. The molecule has 0 spiro atoms. The average Bonchev–Trinajstić information content (AvgIpc) is 3.01. The molecule has 0 aromatic rings. The number of esters is 1. The molecule has 0 radical (unpaired) electrons. The Labute approximate surface area is 271 Å². The summed E-state index contributed by atoms with van der Waals surface area (Å²) in [6.45, 7) is 2.99. The lowest BCUT2D eigenvalue weighted by molar-refractivity contribution is -0.147. The third kappa shape index (κ3) is 32.6. The van der Waals surface area contributed by atoms with E-state index in [1.807, 2.05) is 6.92 Å². The molecule has 2 atom stereocenters. The van der Waals surface area contributed by atoms with Crippen molar-refractivity contribution in [2.24, 2.45) is 0 Å². The Morgan fingerprint density at radius 2 is 1.24 bits per heavy atom. The number of nitrogens with one attached hydrogen (secondary N) is 1. The number of unbranched alkanes of at least 4 members (excludes halogenated alkanes) is 4. The van der Waals surface area contributed by atoms with Gasteiger partial charge < -0.3 is 20.1 Å². The summed E-state index contributed by atoms with van der Waals surface area (Å²) >= 11 is 0. The number of amides is 1. The van der Waals surface area contributed by atoms with Crippen molar-refractivity contribution in [3.63, 3.8) is 0 Å². The number of carbonyl (C=O) groups is 2. The molecule has 0 rings (SSSR count). The number of hydrogen-bond acceptors (Lipinski definition) is 7. The van der Waals surface area contributed by atoms with Gasteiger partial charge >= 0.3 is 13.8 Å². The molecule has 9 nitrogen and oxygen atoms in total. The van der Waals surface area contributed by atoms with Gasteiger partial charge in [0.2, 0.25) is 5.91 Å². The molecule has 0 aliphatic heterocycles. The van der Waals surface area contributed by atoms with Gasteiger partial charge in [0, 0.05) is 19.4 Å². The molecule has 2 unspecified atom stereocenters. The number of carbonyl (C=O) groups excluding carboxylic acids is 2. The van der Waals surface area contributed by atoms with Crippen LogP contribution in [0, 0.1) is 0 Å². The lowest BCUT2D eigenvalue weighted by atomic mass is 10.1. The van der Waals surface area contributed by atoms with Crippen molar-refractivity contribution in [1.29, 1.82) is 0 Å². The molecule has 0 saturated carbocycles. The highest BCUT2D eigenvalue weighted by atomic mass is 31.2. The summed E-state index contributed by atoms with van der Waals surface area (Å²) in [6.07, 6.45) is 37.0. The Balaban J connectivity index is 3.68. The van der Waals surface area contributed by atoms with E-state index in [1.165, 1.54) is 0 Å². The maximum absolute atomic E-state index is 11.9. The predicted molar refractivity (Wildman–Crippen MR) is 183 cm³/mol. The van der Waals surface area contributed by atoms with Crippen LogP contribution < -0.4 is 5.32 Å². The molecule has 0 heterocycles. The van der Waals surface area contributed by atoms with E-state index in [4.69, 9.17) is 13.8 Å². The highest BCUT2D eigenvalue weighted by Gasteiger charge is 2.23. The molecule has 0 aromatic heterocycles. The molecule has 10 heteroatoms. The van der Waals surface area contributed by atoms with E-state index >= 15 is 0 Å². The molecule has 0 fully saturated rings. The smallest absolute Gasteiger partial charge is 0.463 e. The first-order valence-electron chi connectivity index (χ1n) is 16.4. The van der Waals surface area contributed by atoms with Crippen LogP contribution in [-0.2, 0) is 27.9 Å². The third-order valence-electron chi connectivity index (χ3n) is 6.12. The Kier molecular flexibility index (Phi) is 29.7. The molecule has 0 aliphatic rings. The standard InChI is InChI=1S/C35H58NO8P/c1-3-5-6-7-8-9-10-11-12-13-14-15-16-17-18-19-20-21-22-23-24-25-26-28-35(39)42-31-33(37)32-44-45(40,41)43-30-29-36-34(38)27-4-2/h5-6,8-9,11-12,14-15,17-18,20-21,33,37H,3-4,7,10,13,16,19,22-32H2,1-2H3,(H,36,38)(H,40,41)/b6-5-,9-8-,12-11-,15-14-,18-17-,21-20-. The van der Waals surface area contributed by atoms with Crippen molar-refractivity contribution in [2.45, 2.75) is 110 Å². The highest BCUT2D eigenvalue weighted by Crippen LogP contribution is 2.42. The first-order valence-corrected chi connectivity index (χ1v) is 17.9. The number of phosphoric ester groups is 1. The van der Waals surface area contributed by atoms with Crippen LogP contribution in [0.5, 0.6) is 0 Å². The maximum atomic E-state index is 11.9. The minimum Gasteiger partial charge on any atom is -0.463 e. The number of aliphatic hydroxyl groups excluding tert-OH is 1. The lowest BCUT2D eigenvalue weighted by Crippen LogP contribution is -2.27. The van der Waals surface area contributed by atoms with Crippen LogP contribution in [-0.4, -0.2) is 54.3 Å². The Morgan fingerprint density at radius 3 is 1.80 bits per heavy atom. The predicted octanol–water partition coefficient (Wildman–Crippen LogP) is 7.98. The minimum atomic E-state index is -4.39. The average molecular weight is 652 g/mol. The van der Waals surface area contributed by atoms with Gasteiger partial charge in [0.25, 0.3) is 0 Å². The second-order valence-electron chi connectivity index (χ2n) is 10.4. The molecule has 1 amide bonds. The molecule has 0 saturated heterocycles. The van der Waals surface area contributed by atoms with E-state index in [9.17, 15) is 24.2 Å². The number of rotatable bonds is 29. The maximum Gasteiger partial charge on any atom is 0.472 e. The summed E-state index contributed by atoms with van der Waals surface area (Å²) in [5, 5.41) is 12.4. The third-order valence-corrected chi connectivity index (χ3v) is 7.10. The minimum absolute atomic E-state index is 0.0649. The van der Waals surface area contributed by atoms with Crippen molar-refractivity contribution in [2.75, 3.05) is 26.4 Å². The summed E-state index contributed by atoms with van der Waals surface area (Å²) in [5.74, 6) is -0.606. The second-order valence-corrected chi connectivity index (χ2v) is 11.9. The Bertz CT molecular complexity index is 971. The Morgan fingerprint density at radius 1 is 0.711 bits per heavy atom. The fourth-order valence-corrected chi connectivity index (χ4v) is 4.48.